The van der Waals surface area contributed by atoms with Crippen molar-refractivity contribution in [1.29, 1.82) is 0 Å². The molecule has 0 aromatic carbocycles. The summed E-state index contributed by atoms with van der Waals surface area (Å²) in [5.74, 6) is 0.687. The maximum Gasteiger partial charge on any atom is 0 e. The summed E-state index contributed by atoms with van der Waals surface area (Å²) in [6.45, 7) is 13.3. The molecule has 1 N–H and O–H groups in total. The van der Waals surface area contributed by atoms with Crippen molar-refractivity contribution in [2.75, 3.05) is 13.6 Å². The van der Waals surface area contributed by atoms with E-state index in [1.807, 2.05) is 7.05 Å². The van der Waals surface area contributed by atoms with Crippen molar-refractivity contribution in [3.05, 3.63) is 69.9 Å². The Morgan fingerprint density at radius 1 is 0.477 bits per heavy atom. The Hall–Kier alpha value is -0.392. The third-order valence-electron chi connectivity index (χ3n) is 7.88. The molecule has 0 saturated heterocycles. The summed E-state index contributed by atoms with van der Waals surface area (Å²) in [4.78, 5) is 0. The van der Waals surface area contributed by atoms with E-state index in [-0.39, 0.29) is 28.5 Å². The largest absolute Gasteiger partial charge is 0.358 e. The van der Waals surface area contributed by atoms with Crippen LogP contribution >= 0.6 is 0 Å². The second-order valence-corrected chi connectivity index (χ2v) is 12.2. The number of nitrogens with one attached hydrogen (secondary N) is 1. The van der Waals surface area contributed by atoms with Crippen molar-refractivity contribution in [1.82, 2.24) is 5.32 Å². The Morgan fingerprint density at radius 3 is 1.05 bits per heavy atom. The minimum atomic E-state index is 0. The maximum atomic E-state index is 4.43. The predicted molar refractivity (Wildman–Crippen MR) is 202 cm³/mol. The molecule has 0 aromatic rings. The molecule has 0 saturated carbocycles. The third kappa shape index (κ3) is 51.2. The molecule has 2 heteroatoms. The summed E-state index contributed by atoms with van der Waals surface area (Å²) in [5, 5.41) is 2.82. The monoisotopic (exact) mass is 783 g/mol. The molecular weight excluding hydrogens is 702 g/mol. The van der Waals surface area contributed by atoms with Crippen LogP contribution in [0.15, 0.2) is 48.6 Å². The fourth-order valence-corrected chi connectivity index (χ4v) is 4.99. The number of hydrogen-bond donors (Lipinski definition) is 1. The van der Waals surface area contributed by atoms with Gasteiger partial charge in [0.1, 0.15) is 0 Å². The van der Waals surface area contributed by atoms with Crippen molar-refractivity contribution in [2.24, 2.45) is 5.92 Å². The first-order chi connectivity index (χ1) is 20.7. The predicted octanol–water partition coefficient (Wildman–Crippen LogP) is 14.3. The molecule has 44 heavy (non-hydrogen) atoms. The van der Waals surface area contributed by atoms with E-state index in [4.69, 9.17) is 0 Å². The second kappa shape index (κ2) is 49.5. The van der Waals surface area contributed by atoms with Gasteiger partial charge in [-0.2, -0.15) is 5.92 Å². The first kappa shape index (κ1) is 50.5. The van der Waals surface area contributed by atoms with Crippen molar-refractivity contribution in [3.63, 3.8) is 0 Å². The van der Waals surface area contributed by atoms with Crippen LogP contribution in [-0.4, -0.2) is 13.6 Å². The average Bonchev–Trinajstić information content (AvgIpc) is 3.00. The van der Waals surface area contributed by atoms with Gasteiger partial charge >= 0.3 is 0 Å². The first-order valence-electron chi connectivity index (χ1n) is 18.6. The van der Waals surface area contributed by atoms with Gasteiger partial charge in [0.2, 0.25) is 0 Å². The van der Waals surface area contributed by atoms with Crippen molar-refractivity contribution in [2.45, 2.75) is 181 Å². The smallest absolute Gasteiger partial charge is 0 e. The van der Waals surface area contributed by atoms with Gasteiger partial charge in [-0.3, -0.25) is 0 Å². The van der Waals surface area contributed by atoms with E-state index in [1.165, 1.54) is 154 Å². The molecule has 0 unspecified atom stereocenters. The van der Waals surface area contributed by atoms with Gasteiger partial charge < -0.3 is 26.6 Å². The van der Waals surface area contributed by atoms with Gasteiger partial charge in [0.25, 0.3) is 0 Å². The molecular formula is C42H80NW-3. The van der Waals surface area contributed by atoms with Gasteiger partial charge in [-0.25, -0.2) is 0 Å². The van der Waals surface area contributed by atoms with Crippen LogP contribution in [0.1, 0.15) is 181 Å². The van der Waals surface area contributed by atoms with Gasteiger partial charge in [0.05, 0.1) is 0 Å². The van der Waals surface area contributed by atoms with E-state index in [1.54, 1.807) is 0 Å². The van der Waals surface area contributed by atoms with Crippen molar-refractivity contribution in [3.8, 4) is 0 Å². The average molecular weight is 783 g/mol. The molecule has 0 fully saturated rings. The van der Waals surface area contributed by atoms with E-state index < -0.39 is 0 Å². The molecule has 0 atom stereocenters. The molecule has 0 amide bonds. The minimum absolute atomic E-state index is 0. The van der Waals surface area contributed by atoms with E-state index in [0.717, 1.165) is 19.4 Å². The SMILES string of the molecule is [CH2-]C(CCCCCCCC/C=C\C/C=C\CCCCC)CCCCCCCC/C=C\C/C=C\CCCCC.[CH2-]CNC.[CH3-].[W]. The number of unbranched alkanes of at least 4 members (excludes halogenated alkanes) is 18. The van der Waals surface area contributed by atoms with Crippen molar-refractivity contribution >= 4 is 0 Å². The quantitative estimate of drug-likeness (QED) is 0.0420. The molecule has 0 radical (unpaired) electrons. The molecule has 0 aromatic heterocycles. The van der Waals surface area contributed by atoms with Crippen LogP contribution in [0.5, 0.6) is 0 Å². The van der Waals surface area contributed by atoms with Crippen LogP contribution in [0.4, 0.5) is 0 Å². The first-order valence-corrected chi connectivity index (χ1v) is 18.6. The summed E-state index contributed by atoms with van der Waals surface area (Å²) in [6.07, 6.45) is 53.7. The molecule has 0 rings (SSSR count). The van der Waals surface area contributed by atoms with Gasteiger partial charge in [0, 0.05) is 21.1 Å². The summed E-state index contributed by atoms with van der Waals surface area (Å²) < 4.78 is 0. The standard InChI is InChI=1S/C38H69.C3H8N.CH3.W/c1-4-6-8-10-12-14-16-18-20-22-24-26-28-30-32-34-36-38(3)37-35-33-31-29-27-25-23-21-19-17-15-13-11-9-7-5-2;1-3-4-2;;/h12-15,18-21,38H,3-11,16-17,22-37H2,1-2H3;4H,1,3H2,2H3;1H3;/q3*-1;/b14-12-,15-13-,20-18-,21-19-;;;. The second-order valence-electron chi connectivity index (χ2n) is 12.2. The molecule has 0 aliphatic rings. The van der Waals surface area contributed by atoms with Crippen LogP contribution in [0.25, 0.3) is 0 Å². The normalized spacial score (nSPS) is 11.5. The van der Waals surface area contributed by atoms with E-state index >= 15 is 0 Å². The molecule has 0 heterocycles. The molecule has 0 aliphatic carbocycles. The van der Waals surface area contributed by atoms with Gasteiger partial charge in [-0.15, -0.1) is 6.54 Å². The fourth-order valence-electron chi connectivity index (χ4n) is 4.99. The fraction of sp³-hybridized carbons (Fsp3) is 0.738. The Labute approximate surface area is 295 Å². The van der Waals surface area contributed by atoms with E-state index in [2.05, 4.69) is 81.6 Å². The van der Waals surface area contributed by atoms with Gasteiger partial charge in [-0.1, -0.05) is 165 Å². The Morgan fingerprint density at radius 2 is 0.750 bits per heavy atom. The number of allylic oxidation sites excluding steroid dienone is 8. The summed E-state index contributed by atoms with van der Waals surface area (Å²) in [6, 6.07) is 0. The van der Waals surface area contributed by atoms with E-state index in [9.17, 15) is 0 Å². The zero-order valence-electron chi connectivity index (χ0n) is 30.6. The van der Waals surface area contributed by atoms with Crippen LogP contribution in [0, 0.1) is 27.2 Å². The zero-order valence-corrected chi connectivity index (χ0v) is 33.5. The maximum absolute atomic E-state index is 4.43. The molecule has 1 nitrogen and oxygen atoms in total. The Balaban J connectivity index is -0.00000125. The minimum Gasteiger partial charge on any atom is -0.358 e. The Bertz CT molecular complexity index is 526. The van der Waals surface area contributed by atoms with Crippen LogP contribution in [0.2, 0.25) is 0 Å². The summed E-state index contributed by atoms with van der Waals surface area (Å²) >= 11 is 0. The third-order valence-corrected chi connectivity index (χ3v) is 7.88. The summed E-state index contributed by atoms with van der Waals surface area (Å²) in [7, 11) is 1.87. The van der Waals surface area contributed by atoms with Gasteiger partial charge in [-0.05, 0) is 71.3 Å². The topological polar surface area (TPSA) is 12.0 Å². The Kier molecular flexibility index (Phi) is 56.8. The molecule has 0 aliphatic heterocycles. The van der Waals surface area contributed by atoms with Crippen molar-refractivity contribution < 1.29 is 21.1 Å². The van der Waals surface area contributed by atoms with E-state index in [0.29, 0.717) is 5.92 Å². The van der Waals surface area contributed by atoms with Crippen LogP contribution < -0.4 is 5.32 Å². The molecule has 262 valence electrons. The van der Waals surface area contributed by atoms with Crippen LogP contribution in [0.3, 0.4) is 0 Å². The molecule has 0 bridgehead atoms. The number of rotatable bonds is 31. The van der Waals surface area contributed by atoms with Gasteiger partial charge in [0.15, 0.2) is 0 Å². The summed E-state index contributed by atoms with van der Waals surface area (Å²) in [5.41, 5.74) is 0. The number of hydrogen-bond acceptors (Lipinski definition) is 1. The van der Waals surface area contributed by atoms with Crippen LogP contribution in [-0.2, 0) is 21.1 Å². The molecule has 0 spiro atoms. The zero-order chi connectivity index (χ0) is 31.0.